The molecule has 0 spiro atoms. The molecule has 0 aliphatic heterocycles. The first-order valence-corrected chi connectivity index (χ1v) is 10.1. The van der Waals surface area contributed by atoms with Gasteiger partial charge in [0.25, 0.3) is 15.9 Å². The summed E-state index contributed by atoms with van der Waals surface area (Å²) in [4.78, 5) is 13.3. The van der Waals surface area contributed by atoms with Crippen LogP contribution >= 0.6 is 11.6 Å². The Kier molecular flexibility index (Phi) is 6.61. The molecule has 0 aromatic heterocycles. The van der Waals surface area contributed by atoms with Crippen LogP contribution in [-0.4, -0.2) is 32.3 Å². The average Bonchev–Trinajstić information content (AvgIpc) is 2.61. The van der Waals surface area contributed by atoms with Crippen LogP contribution in [0.25, 0.3) is 0 Å². The van der Waals surface area contributed by atoms with Gasteiger partial charge < -0.3 is 4.90 Å². The first kappa shape index (κ1) is 22.0. The number of sulfonamides is 1. The van der Waals surface area contributed by atoms with E-state index in [9.17, 15) is 26.4 Å². The molecule has 2 aromatic carbocycles. The van der Waals surface area contributed by atoms with Crippen molar-refractivity contribution in [2.24, 2.45) is 0 Å². The summed E-state index contributed by atoms with van der Waals surface area (Å²) >= 11 is 5.81. The number of carbonyl (C=O) groups is 1. The summed E-state index contributed by atoms with van der Waals surface area (Å²) in [7, 11) is -4.41. The molecule has 1 amide bonds. The lowest BCUT2D eigenvalue weighted by atomic mass is 10.2. The quantitative estimate of drug-likeness (QED) is 0.720. The van der Waals surface area contributed by atoms with Crippen molar-refractivity contribution in [1.29, 1.82) is 0 Å². The van der Waals surface area contributed by atoms with Crippen molar-refractivity contribution in [2.75, 3.05) is 17.8 Å². The van der Waals surface area contributed by atoms with Crippen molar-refractivity contribution in [3.05, 3.63) is 58.6 Å². The maximum absolute atomic E-state index is 12.9. The van der Waals surface area contributed by atoms with E-state index in [0.29, 0.717) is 25.2 Å². The smallest absolute Gasteiger partial charge is 0.339 e. The van der Waals surface area contributed by atoms with Crippen molar-refractivity contribution in [3.8, 4) is 0 Å². The summed E-state index contributed by atoms with van der Waals surface area (Å²) in [5.41, 5.74) is -0.853. The van der Waals surface area contributed by atoms with Gasteiger partial charge in [0.05, 0.1) is 10.6 Å². The molecule has 28 heavy (non-hydrogen) atoms. The Morgan fingerprint density at radius 2 is 1.75 bits per heavy atom. The van der Waals surface area contributed by atoms with E-state index in [4.69, 9.17) is 11.6 Å². The normalized spacial score (nSPS) is 11.9. The Morgan fingerprint density at radius 3 is 2.32 bits per heavy atom. The molecule has 1 N–H and O–H groups in total. The fourth-order valence-corrected chi connectivity index (χ4v) is 4.08. The van der Waals surface area contributed by atoms with Crippen molar-refractivity contribution in [3.63, 3.8) is 0 Å². The second-order valence-corrected chi connectivity index (χ2v) is 7.86. The highest BCUT2D eigenvalue weighted by molar-refractivity contribution is 7.92. The third-order valence-corrected chi connectivity index (χ3v) is 5.82. The number of anilines is 1. The third kappa shape index (κ3) is 4.96. The molecular weight excluding hydrogens is 417 g/mol. The Labute approximate surface area is 166 Å². The number of hydrogen-bond donors (Lipinski definition) is 1. The van der Waals surface area contributed by atoms with Gasteiger partial charge in [0, 0.05) is 24.3 Å². The summed E-state index contributed by atoms with van der Waals surface area (Å²) < 4.78 is 66.0. The molecule has 0 saturated heterocycles. The summed E-state index contributed by atoms with van der Waals surface area (Å²) in [5, 5.41) is -0.351. The van der Waals surface area contributed by atoms with Gasteiger partial charge in [-0.25, -0.2) is 8.42 Å². The second kappa shape index (κ2) is 8.40. The molecule has 0 radical (unpaired) electrons. The fourth-order valence-electron chi connectivity index (χ4n) is 2.50. The molecule has 0 fully saturated rings. The zero-order valence-electron chi connectivity index (χ0n) is 15.0. The van der Waals surface area contributed by atoms with Gasteiger partial charge in [0.1, 0.15) is 4.90 Å². The number of rotatable bonds is 6. The summed E-state index contributed by atoms with van der Waals surface area (Å²) in [6.45, 7) is 4.57. The van der Waals surface area contributed by atoms with Crippen LogP contribution in [0.5, 0.6) is 0 Å². The molecule has 2 rings (SSSR count). The fraction of sp³-hybridized carbons (Fsp3) is 0.278. The lowest BCUT2D eigenvalue weighted by molar-refractivity contribution is -0.137. The van der Waals surface area contributed by atoms with E-state index in [1.54, 1.807) is 4.90 Å². The first-order chi connectivity index (χ1) is 13.0. The predicted molar refractivity (Wildman–Crippen MR) is 101 cm³/mol. The number of alkyl halides is 3. The van der Waals surface area contributed by atoms with Crippen LogP contribution in [0.1, 0.15) is 29.8 Å². The third-order valence-electron chi connectivity index (χ3n) is 3.96. The maximum atomic E-state index is 12.9. The van der Waals surface area contributed by atoms with Crippen LogP contribution < -0.4 is 4.72 Å². The van der Waals surface area contributed by atoms with E-state index in [1.165, 1.54) is 24.3 Å². The molecule has 152 valence electrons. The topological polar surface area (TPSA) is 66.5 Å². The number of halogens is 4. The minimum absolute atomic E-state index is 0.0338. The highest BCUT2D eigenvalue weighted by Crippen LogP contribution is 2.34. The van der Waals surface area contributed by atoms with Crippen LogP contribution in [0.15, 0.2) is 47.4 Å². The molecule has 0 heterocycles. The van der Waals surface area contributed by atoms with Crippen molar-refractivity contribution < 1.29 is 26.4 Å². The van der Waals surface area contributed by atoms with Crippen LogP contribution in [0.2, 0.25) is 5.02 Å². The molecule has 0 bridgehead atoms. The largest absolute Gasteiger partial charge is 0.416 e. The summed E-state index contributed by atoms with van der Waals surface area (Å²) in [5.74, 6) is -0.289. The minimum atomic E-state index is -4.72. The molecule has 0 saturated carbocycles. The van der Waals surface area contributed by atoms with Crippen LogP contribution in [0, 0.1) is 0 Å². The zero-order valence-corrected chi connectivity index (χ0v) is 16.6. The standard InChI is InChI=1S/C18H18ClF3N2O3S/c1-3-24(4-2)17(25)12-6-5-7-14(10-12)23-28(26,27)16-11-13(18(20,21)22)8-9-15(16)19/h5-11,23H,3-4H2,1-2H3. The molecule has 0 aliphatic rings. The van der Waals surface area contributed by atoms with Crippen molar-refractivity contribution in [1.82, 2.24) is 4.90 Å². The van der Waals surface area contributed by atoms with Gasteiger partial charge in [0.2, 0.25) is 0 Å². The minimum Gasteiger partial charge on any atom is -0.339 e. The van der Waals surface area contributed by atoms with Crippen LogP contribution in [0.4, 0.5) is 18.9 Å². The number of amides is 1. The van der Waals surface area contributed by atoms with Crippen molar-refractivity contribution in [2.45, 2.75) is 24.9 Å². The number of carbonyl (C=O) groups excluding carboxylic acids is 1. The Morgan fingerprint density at radius 1 is 1.11 bits per heavy atom. The van der Waals surface area contributed by atoms with Gasteiger partial charge in [-0.1, -0.05) is 17.7 Å². The molecule has 0 atom stereocenters. The molecule has 2 aromatic rings. The lowest BCUT2D eigenvalue weighted by Crippen LogP contribution is -2.30. The van der Waals surface area contributed by atoms with Crippen LogP contribution in [-0.2, 0) is 16.2 Å². The molecule has 5 nitrogen and oxygen atoms in total. The molecule has 0 unspecified atom stereocenters. The number of benzene rings is 2. The molecular formula is C18H18ClF3N2O3S. The number of nitrogens with one attached hydrogen (secondary N) is 1. The molecule has 0 aliphatic carbocycles. The van der Waals surface area contributed by atoms with Crippen molar-refractivity contribution >= 4 is 33.2 Å². The molecule has 10 heteroatoms. The van der Waals surface area contributed by atoms with Gasteiger partial charge in [-0.15, -0.1) is 0 Å². The Balaban J connectivity index is 2.38. The summed E-state index contributed by atoms with van der Waals surface area (Å²) in [6, 6.07) is 7.75. The number of nitrogens with zero attached hydrogens (tertiary/aromatic N) is 1. The van der Waals surface area contributed by atoms with Crippen LogP contribution in [0.3, 0.4) is 0 Å². The Bertz CT molecular complexity index is 974. The second-order valence-electron chi connectivity index (χ2n) is 5.81. The van der Waals surface area contributed by atoms with Gasteiger partial charge in [-0.3, -0.25) is 9.52 Å². The van der Waals surface area contributed by atoms with E-state index in [-0.39, 0.29) is 22.2 Å². The van der Waals surface area contributed by atoms with E-state index in [0.717, 1.165) is 6.07 Å². The van der Waals surface area contributed by atoms with Gasteiger partial charge in [-0.2, -0.15) is 13.2 Å². The summed E-state index contributed by atoms with van der Waals surface area (Å²) in [6.07, 6.45) is -4.72. The highest BCUT2D eigenvalue weighted by Gasteiger charge is 2.32. The lowest BCUT2D eigenvalue weighted by Gasteiger charge is -2.19. The van der Waals surface area contributed by atoms with Gasteiger partial charge >= 0.3 is 6.18 Å². The average molecular weight is 435 g/mol. The van der Waals surface area contributed by atoms with Gasteiger partial charge in [0.15, 0.2) is 0 Å². The highest BCUT2D eigenvalue weighted by atomic mass is 35.5. The first-order valence-electron chi connectivity index (χ1n) is 8.28. The zero-order chi connectivity index (χ0) is 21.1. The predicted octanol–water partition coefficient (Wildman–Crippen LogP) is 4.64. The number of hydrogen-bond acceptors (Lipinski definition) is 3. The Hall–Kier alpha value is -2.26. The van der Waals surface area contributed by atoms with Gasteiger partial charge in [-0.05, 0) is 50.2 Å². The van der Waals surface area contributed by atoms with E-state index >= 15 is 0 Å². The van der Waals surface area contributed by atoms with E-state index < -0.39 is 26.7 Å². The van der Waals surface area contributed by atoms with E-state index in [2.05, 4.69) is 4.72 Å². The van der Waals surface area contributed by atoms with E-state index in [1.807, 2.05) is 13.8 Å². The monoisotopic (exact) mass is 434 g/mol. The maximum Gasteiger partial charge on any atom is 0.416 e. The SMILES string of the molecule is CCN(CC)C(=O)c1cccc(NS(=O)(=O)c2cc(C(F)(F)F)ccc2Cl)c1.